The zero-order chi connectivity index (χ0) is 11.7. The third-order valence-corrected chi connectivity index (χ3v) is 2.84. The van der Waals surface area contributed by atoms with Crippen molar-refractivity contribution >= 4 is 16.5 Å². The van der Waals surface area contributed by atoms with Crippen LogP contribution in [0.25, 0.3) is 10.6 Å². The van der Waals surface area contributed by atoms with Gasteiger partial charge in [-0.2, -0.15) is 5.10 Å². The van der Waals surface area contributed by atoms with Crippen LogP contribution >= 0.6 is 11.3 Å². The van der Waals surface area contributed by atoms with E-state index >= 15 is 0 Å². The summed E-state index contributed by atoms with van der Waals surface area (Å²) in [5, 5.41) is 11.8. The number of rotatable bonds is 3. The van der Waals surface area contributed by atoms with Gasteiger partial charge in [0.2, 0.25) is 5.13 Å². The number of halogens is 2. The predicted molar refractivity (Wildman–Crippen MR) is 56.2 cm³/mol. The highest BCUT2D eigenvalue weighted by molar-refractivity contribution is 7.18. The third kappa shape index (κ3) is 1.75. The van der Waals surface area contributed by atoms with Crippen LogP contribution in [0.1, 0.15) is 19.0 Å². The van der Waals surface area contributed by atoms with E-state index in [1.54, 1.807) is 6.92 Å². The first-order valence-electron chi connectivity index (χ1n) is 4.56. The Morgan fingerprint density at radius 1 is 1.50 bits per heavy atom. The van der Waals surface area contributed by atoms with E-state index in [0.717, 1.165) is 11.3 Å². The molecule has 0 amide bonds. The number of nitrogen functional groups attached to an aromatic ring is 1. The van der Waals surface area contributed by atoms with Gasteiger partial charge in [0.25, 0.3) is 6.43 Å². The SMILES string of the molecule is CCn1ncc(-c2nnc(N)s2)c1C(F)F. The molecule has 0 radical (unpaired) electrons. The lowest BCUT2D eigenvalue weighted by atomic mass is 10.2. The maximum atomic E-state index is 12.9. The molecule has 16 heavy (non-hydrogen) atoms. The summed E-state index contributed by atoms with van der Waals surface area (Å²) in [7, 11) is 0. The van der Waals surface area contributed by atoms with E-state index in [4.69, 9.17) is 5.73 Å². The smallest absolute Gasteiger partial charge is 0.280 e. The van der Waals surface area contributed by atoms with Gasteiger partial charge in [0.05, 0.1) is 11.8 Å². The molecular formula is C8H9F2N5S. The minimum Gasteiger partial charge on any atom is -0.374 e. The van der Waals surface area contributed by atoms with Crippen LogP contribution in [0.2, 0.25) is 0 Å². The predicted octanol–water partition coefficient (Wildman–Crippen LogP) is 1.94. The van der Waals surface area contributed by atoms with Crippen LogP contribution in [-0.4, -0.2) is 20.0 Å². The molecule has 2 rings (SSSR count). The molecule has 0 spiro atoms. The fraction of sp³-hybridized carbons (Fsp3) is 0.375. The number of nitrogens with two attached hydrogens (primary N) is 1. The Kier molecular flexibility index (Phi) is 2.82. The highest BCUT2D eigenvalue weighted by Crippen LogP contribution is 2.33. The Labute approximate surface area is 93.9 Å². The molecule has 2 aromatic heterocycles. The van der Waals surface area contributed by atoms with Crippen molar-refractivity contribution in [2.45, 2.75) is 19.9 Å². The lowest BCUT2D eigenvalue weighted by Gasteiger charge is -2.04. The Hall–Kier alpha value is -1.57. The molecular weight excluding hydrogens is 236 g/mol. The van der Waals surface area contributed by atoms with Gasteiger partial charge in [-0.05, 0) is 6.92 Å². The van der Waals surface area contributed by atoms with Gasteiger partial charge >= 0.3 is 0 Å². The molecule has 86 valence electrons. The molecule has 2 N–H and O–H groups in total. The Morgan fingerprint density at radius 3 is 2.75 bits per heavy atom. The van der Waals surface area contributed by atoms with Gasteiger partial charge in [-0.1, -0.05) is 11.3 Å². The first-order valence-corrected chi connectivity index (χ1v) is 5.38. The van der Waals surface area contributed by atoms with E-state index in [9.17, 15) is 8.78 Å². The van der Waals surface area contributed by atoms with E-state index in [1.165, 1.54) is 10.9 Å². The molecule has 0 saturated carbocycles. The van der Waals surface area contributed by atoms with Crippen LogP contribution in [0.15, 0.2) is 6.20 Å². The normalized spacial score (nSPS) is 11.2. The molecule has 2 aromatic rings. The topological polar surface area (TPSA) is 69.6 Å². The summed E-state index contributed by atoms with van der Waals surface area (Å²) >= 11 is 1.07. The van der Waals surface area contributed by atoms with E-state index in [2.05, 4.69) is 15.3 Å². The number of hydrogen-bond donors (Lipinski definition) is 1. The first kappa shape index (κ1) is 10.9. The summed E-state index contributed by atoms with van der Waals surface area (Å²) in [5.41, 5.74) is 5.57. The van der Waals surface area contributed by atoms with Crippen LogP contribution in [-0.2, 0) is 6.54 Å². The zero-order valence-electron chi connectivity index (χ0n) is 8.39. The van der Waals surface area contributed by atoms with E-state index < -0.39 is 6.43 Å². The molecule has 0 aromatic carbocycles. The summed E-state index contributed by atoms with van der Waals surface area (Å²) < 4.78 is 27.0. The number of aryl methyl sites for hydroxylation is 1. The Morgan fingerprint density at radius 2 is 2.25 bits per heavy atom. The number of nitrogens with zero attached hydrogens (tertiary/aromatic N) is 4. The summed E-state index contributed by atoms with van der Waals surface area (Å²) in [5.74, 6) is 0. The van der Waals surface area contributed by atoms with Gasteiger partial charge in [-0.15, -0.1) is 10.2 Å². The van der Waals surface area contributed by atoms with Crippen LogP contribution in [0.5, 0.6) is 0 Å². The summed E-state index contributed by atoms with van der Waals surface area (Å²) in [6, 6.07) is 0. The van der Waals surface area contributed by atoms with Crippen LogP contribution in [0.3, 0.4) is 0 Å². The number of alkyl halides is 2. The second kappa shape index (κ2) is 4.12. The van der Waals surface area contributed by atoms with Gasteiger partial charge in [-0.25, -0.2) is 8.78 Å². The molecule has 0 bridgehead atoms. The molecule has 0 unspecified atom stereocenters. The lowest BCUT2D eigenvalue weighted by molar-refractivity contribution is 0.140. The molecule has 0 saturated heterocycles. The Bertz CT molecular complexity index is 492. The standard InChI is InChI=1S/C8H9F2N5S/c1-2-15-5(6(9)10)4(3-12-15)7-13-14-8(11)16-7/h3,6H,2H2,1H3,(H2,11,14). The maximum absolute atomic E-state index is 12.9. The van der Waals surface area contributed by atoms with Crippen LogP contribution < -0.4 is 5.73 Å². The molecule has 8 heteroatoms. The number of aromatic nitrogens is 4. The van der Waals surface area contributed by atoms with E-state index in [-0.39, 0.29) is 10.8 Å². The minimum atomic E-state index is -2.59. The zero-order valence-corrected chi connectivity index (χ0v) is 9.21. The summed E-state index contributed by atoms with van der Waals surface area (Å²) in [6.07, 6.45) is -1.23. The lowest BCUT2D eigenvalue weighted by Crippen LogP contribution is -2.03. The van der Waals surface area contributed by atoms with Crippen molar-refractivity contribution in [3.8, 4) is 10.6 Å². The van der Waals surface area contributed by atoms with E-state index in [0.29, 0.717) is 17.1 Å². The van der Waals surface area contributed by atoms with Crippen molar-refractivity contribution in [2.75, 3.05) is 5.73 Å². The van der Waals surface area contributed by atoms with E-state index in [1.807, 2.05) is 0 Å². The van der Waals surface area contributed by atoms with Gasteiger partial charge < -0.3 is 5.73 Å². The average Bonchev–Trinajstić information content (AvgIpc) is 2.82. The van der Waals surface area contributed by atoms with Crippen molar-refractivity contribution in [3.63, 3.8) is 0 Å². The van der Waals surface area contributed by atoms with Crippen molar-refractivity contribution in [1.29, 1.82) is 0 Å². The van der Waals surface area contributed by atoms with Gasteiger partial charge in [0.15, 0.2) is 5.01 Å². The number of anilines is 1. The second-order valence-electron chi connectivity index (χ2n) is 3.01. The van der Waals surface area contributed by atoms with Crippen molar-refractivity contribution in [2.24, 2.45) is 0 Å². The maximum Gasteiger partial charge on any atom is 0.280 e. The quantitative estimate of drug-likeness (QED) is 0.897. The highest BCUT2D eigenvalue weighted by Gasteiger charge is 2.22. The highest BCUT2D eigenvalue weighted by atomic mass is 32.1. The second-order valence-corrected chi connectivity index (χ2v) is 4.01. The molecule has 0 aliphatic carbocycles. The van der Waals surface area contributed by atoms with Crippen LogP contribution in [0, 0.1) is 0 Å². The largest absolute Gasteiger partial charge is 0.374 e. The van der Waals surface area contributed by atoms with Gasteiger partial charge in [0.1, 0.15) is 5.69 Å². The van der Waals surface area contributed by atoms with Gasteiger partial charge in [-0.3, -0.25) is 4.68 Å². The third-order valence-electron chi connectivity index (χ3n) is 2.06. The average molecular weight is 245 g/mol. The monoisotopic (exact) mass is 245 g/mol. The molecule has 0 aliphatic heterocycles. The first-order chi connectivity index (χ1) is 7.63. The fourth-order valence-corrected chi connectivity index (χ4v) is 2.01. The molecule has 2 heterocycles. The Balaban J connectivity index is 2.52. The summed E-state index contributed by atoms with van der Waals surface area (Å²) in [4.78, 5) is 0. The molecule has 0 atom stereocenters. The number of hydrogen-bond acceptors (Lipinski definition) is 5. The van der Waals surface area contributed by atoms with Crippen molar-refractivity contribution in [3.05, 3.63) is 11.9 Å². The van der Waals surface area contributed by atoms with Gasteiger partial charge in [0, 0.05) is 6.54 Å². The fourth-order valence-electron chi connectivity index (χ4n) is 1.39. The molecule has 0 fully saturated rings. The van der Waals surface area contributed by atoms with Crippen molar-refractivity contribution in [1.82, 2.24) is 20.0 Å². The molecule has 0 aliphatic rings. The van der Waals surface area contributed by atoms with Crippen molar-refractivity contribution < 1.29 is 8.78 Å². The minimum absolute atomic E-state index is 0.140. The molecule has 5 nitrogen and oxygen atoms in total. The van der Waals surface area contributed by atoms with Crippen LogP contribution in [0.4, 0.5) is 13.9 Å². The summed E-state index contributed by atoms with van der Waals surface area (Å²) in [6.45, 7) is 2.13.